The maximum Gasteiger partial charge on any atom is 0.243 e. The number of hydrogen-bond donors (Lipinski definition) is 3. The molecule has 24 heavy (non-hydrogen) atoms. The minimum absolute atomic E-state index is 0.0520. The maximum absolute atomic E-state index is 12.9. The van der Waals surface area contributed by atoms with Gasteiger partial charge in [0.15, 0.2) is 0 Å². The van der Waals surface area contributed by atoms with Gasteiger partial charge in [-0.15, -0.1) is 0 Å². The van der Waals surface area contributed by atoms with Gasteiger partial charge in [0.2, 0.25) is 17.7 Å². The first-order valence-electron chi connectivity index (χ1n) is 8.45. The molecule has 3 amide bonds. The Morgan fingerprint density at radius 1 is 1.29 bits per heavy atom. The average molecular weight is 337 g/mol. The van der Waals surface area contributed by atoms with Gasteiger partial charge in [0.25, 0.3) is 0 Å². The van der Waals surface area contributed by atoms with E-state index >= 15 is 0 Å². The molecule has 7 heteroatoms. The predicted octanol–water partition coefficient (Wildman–Crippen LogP) is -0.485. The molecular formula is C17H27N3O4. The summed E-state index contributed by atoms with van der Waals surface area (Å²) >= 11 is 0. The molecule has 2 rings (SSSR count). The molecule has 0 saturated carbocycles. The first-order valence-corrected chi connectivity index (χ1v) is 8.45. The second-order valence-electron chi connectivity index (χ2n) is 6.85. The van der Waals surface area contributed by atoms with Crippen molar-refractivity contribution in [3.63, 3.8) is 0 Å². The summed E-state index contributed by atoms with van der Waals surface area (Å²) in [7, 11) is 1.55. The summed E-state index contributed by atoms with van der Waals surface area (Å²) in [5.41, 5.74) is 0. The van der Waals surface area contributed by atoms with E-state index in [2.05, 4.69) is 10.6 Å². The fraction of sp³-hybridized carbons (Fsp3) is 0.706. The third kappa shape index (κ3) is 3.17. The highest BCUT2D eigenvalue weighted by Gasteiger charge is 2.56. The number of aliphatic hydroxyl groups excluding tert-OH is 1. The molecule has 0 radical (unpaired) electrons. The van der Waals surface area contributed by atoms with Crippen LogP contribution in [-0.4, -0.2) is 60.0 Å². The van der Waals surface area contributed by atoms with Crippen molar-refractivity contribution in [1.82, 2.24) is 15.5 Å². The summed E-state index contributed by atoms with van der Waals surface area (Å²) < 4.78 is 0. The number of amides is 3. The van der Waals surface area contributed by atoms with Crippen LogP contribution in [0.1, 0.15) is 20.8 Å². The standard InChI is InChI=1S/C17H27N3O4/c1-9(2)19-16(23)14-11-6-5-10(3)12(15(22)18-4)13(11)17(24)20(14)7-8-21/h5-6,9-14,21H,7-8H2,1-4H3,(H,18,22)(H,19,23)/t10-,11+,12-,13-,14+/m1/s1. The topological polar surface area (TPSA) is 98.7 Å². The summed E-state index contributed by atoms with van der Waals surface area (Å²) in [4.78, 5) is 39.3. The van der Waals surface area contributed by atoms with Gasteiger partial charge in [0, 0.05) is 25.6 Å². The fourth-order valence-electron chi connectivity index (χ4n) is 3.88. The Hall–Kier alpha value is -1.89. The summed E-state index contributed by atoms with van der Waals surface area (Å²) in [6, 6.07) is -0.739. The molecule has 0 aromatic rings. The molecule has 2 aliphatic rings. The number of likely N-dealkylation sites (tertiary alicyclic amines) is 1. The van der Waals surface area contributed by atoms with Crippen molar-refractivity contribution in [3.05, 3.63) is 12.2 Å². The molecule has 1 fully saturated rings. The zero-order valence-electron chi connectivity index (χ0n) is 14.7. The van der Waals surface area contributed by atoms with Gasteiger partial charge < -0.3 is 20.6 Å². The van der Waals surface area contributed by atoms with Crippen LogP contribution in [0.25, 0.3) is 0 Å². The highest BCUT2D eigenvalue weighted by Crippen LogP contribution is 2.43. The summed E-state index contributed by atoms with van der Waals surface area (Å²) in [5, 5.41) is 14.8. The Bertz CT molecular complexity index is 546. The zero-order chi connectivity index (χ0) is 18.0. The largest absolute Gasteiger partial charge is 0.395 e. The van der Waals surface area contributed by atoms with Crippen LogP contribution in [0.4, 0.5) is 0 Å². The van der Waals surface area contributed by atoms with Gasteiger partial charge in [-0.3, -0.25) is 14.4 Å². The lowest BCUT2D eigenvalue weighted by Gasteiger charge is -2.32. The molecule has 1 aliphatic heterocycles. The third-order valence-corrected chi connectivity index (χ3v) is 4.86. The van der Waals surface area contributed by atoms with Crippen molar-refractivity contribution >= 4 is 17.7 Å². The second kappa shape index (κ2) is 7.34. The molecule has 7 nitrogen and oxygen atoms in total. The normalized spacial score (nSPS) is 32.0. The van der Waals surface area contributed by atoms with Crippen LogP contribution < -0.4 is 10.6 Å². The average Bonchev–Trinajstić information content (AvgIpc) is 2.79. The predicted molar refractivity (Wildman–Crippen MR) is 88.7 cm³/mol. The van der Waals surface area contributed by atoms with E-state index < -0.39 is 17.9 Å². The van der Waals surface area contributed by atoms with E-state index in [4.69, 9.17) is 0 Å². The SMILES string of the molecule is CNC(=O)[C@H]1[C@@H]2C(=O)N(CCO)[C@H](C(=O)NC(C)C)[C@H]2C=C[C@H]1C. The van der Waals surface area contributed by atoms with Crippen molar-refractivity contribution in [3.8, 4) is 0 Å². The number of allylic oxidation sites excluding steroid dienone is 1. The number of nitrogens with zero attached hydrogens (tertiary/aromatic N) is 1. The van der Waals surface area contributed by atoms with Crippen LogP contribution in [0.15, 0.2) is 12.2 Å². The van der Waals surface area contributed by atoms with E-state index in [-0.39, 0.29) is 48.8 Å². The van der Waals surface area contributed by atoms with Crippen LogP contribution in [0.3, 0.4) is 0 Å². The van der Waals surface area contributed by atoms with E-state index in [0.717, 1.165) is 0 Å². The summed E-state index contributed by atoms with van der Waals surface area (Å²) in [6.07, 6.45) is 3.79. The maximum atomic E-state index is 12.9. The van der Waals surface area contributed by atoms with Gasteiger partial charge in [0.1, 0.15) is 6.04 Å². The molecule has 0 spiro atoms. The van der Waals surface area contributed by atoms with Crippen molar-refractivity contribution in [2.24, 2.45) is 23.7 Å². The Kier molecular flexibility index (Phi) is 5.64. The molecule has 0 aromatic carbocycles. The minimum Gasteiger partial charge on any atom is -0.395 e. The van der Waals surface area contributed by atoms with Crippen molar-refractivity contribution in [2.45, 2.75) is 32.9 Å². The summed E-state index contributed by atoms with van der Waals surface area (Å²) in [5.74, 6) is -2.18. The van der Waals surface area contributed by atoms with E-state index in [9.17, 15) is 19.5 Å². The Morgan fingerprint density at radius 3 is 2.50 bits per heavy atom. The smallest absolute Gasteiger partial charge is 0.243 e. The molecule has 0 unspecified atom stereocenters. The van der Waals surface area contributed by atoms with E-state index in [1.54, 1.807) is 7.05 Å². The number of β-amino-alcohol motifs (C(OH)–C–C–N with tert-alkyl or cyclic N) is 1. The molecular weight excluding hydrogens is 310 g/mol. The molecule has 5 atom stereocenters. The Labute approximate surface area is 142 Å². The number of carbonyl (C=O) groups excluding carboxylic acids is 3. The number of aliphatic hydroxyl groups is 1. The van der Waals surface area contributed by atoms with Crippen molar-refractivity contribution in [1.29, 1.82) is 0 Å². The zero-order valence-corrected chi connectivity index (χ0v) is 14.7. The molecule has 1 aliphatic carbocycles. The first kappa shape index (κ1) is 18.4. The van der Waals surface area contributed by atoms with Crippen LogP contribution in [-0.2, 0) is 14.4 Å². The number of hydrogen-bond acceptors (Lipinski definition) is 4. The van der Waals surface area contributed by atoms with E-state index in [1.807, 2.05) is 32.9 Å². The van der Waals surface area contributed by atoms with Crippen LogP contribution in [0, 0.1) is 23.7 Å². The highest BCUT2D eigenvalue weighted by atomic mass is 16.3. The minimum atomic E-state index is -0.687. The van der Waals surface area contributed by atoms with Crippen molar-refractivity contribution < 1.29 is 19.5 Å². The molecule has 0 aromatic heterocycles. The Balaban J connectivity index is 2.41. The van der Waals surface area contributed by atoms with Gasteiger partial charge >= 0.3 is 0 Å². The molecule has 134 valence electrons. The van der Waals surface area contributed by atoms with Crippen LogP contribution in [0.5, 0.6) is 0 Å². The number of fused-ring (bicyclic) bond motifs is 1. The third-order valence-electron chi connectivity index (χ3n) is 4.86. The first-order chi connectivity index (χ1) is 11.3. The quantitative estimate of drug-likeness (QED) is 0.590. The highest BCUT2D eigenvalue weighted by molar-refractivity contribution is 5.96. The number of carbonyl (C=O) groups is 3. The van der Waals surface area contributed by atoms with Crippen LogP contribution in [0.2, 0.25) is 0 Å². The van der Waals surface area contributed by atoms with Crippen molar-refractivity contribution in [2.75, 3.05) is 20.2 Å². The van der Waals surface area contributed by atoms with E-state index in [0.29, 0.717) is 0 Å². The second-order valence-corrected chi connectivity index (χ2v) is 6.85. The fourth-order valence-corrected chi connectivity index (χ4v) is 3.88. The summed E-state index contributed by atoms with van der Waals surface area (Å²) in [6.45, 7) is 5.48. The molecule has 1 saturated heterocycles. The van der Waals surface area contributed by atoms with Crippen LogP contribution >= 0.6 is 0 Å². The lowest BCUT2D eigenvalue weighted by molar-refractivity contribution is -0.141. The lowest BCUT2D eigenvalue weighted by atomic mass is 9.70. The van der Waals surface area contributed by atoms with Gasteiger partial charge in [-0.25, -0.2) is 0 Å². The van der Waals surface area contributed by atoms with E-state index in [1.165, 1.54) is 4.90 Å². The van der Waals surface area contributed by atoms with Gasteiger partial charge in [-0.1, -0.05) is 19.1 Å². The number of nitrogens with one attached hydrogen (secondary N) is 2. The number of rotatable bonds is 5. The van der Waals surface area contributed by atoms with Gasteiger partial charge in [-0.05, 0) is 19.8 Å². The molecule has 1 heterocycles. The Morgan fingerprint density at radius 2 is 1.96 bits per heavy atom. The molecule has 3 N–H and O–H groups in total. The van der Waals surface area contributed by atoms with Gasteiger partial charge in [-0.2, -0.15) is 0 Å². The molecule has 0 bridgehead atoms. The monoisotopic (exact) mass is 337 g/mol. The van der Waals surface area contributed by atoms with Gasteiger partial charge in [0.05, 0.1) is 18.4 Å². The lowest BCUT2D eigenvalue weighted by Crippen LogP contribution is -2.49.